The van der Waals surface area contributed by atoms with Crippen molar-refractivity contribution >= 4 is 16.7 Å². The molecule has 1 aromatic carbocycles. The molecule has 2 heterocycles. The monoisotopic (exact) mass is 310 g/mol. The molecule has 0 aliphatic carbocycles. The van der Waals surface area contributed by atoms with Crippen LogP contribution >= 0.6 is 0 Å². The van der Waals surface area contributed by atoms with Gasteiger partial charge in [-0.3, -0.25) is 9.78 Å². The summed E-state index contributed by atoms with van der Waals surface area (Å²) in [6, 6.07) is 6.86. The lowest BCUT2D eigenvalue weighted by Crippen LogP contribution is -2.13. The van der Waals surface area contributed by atoms with Crippen LogP contribution in [-0.4, -0.2) is 21.0 Å². The molecule has 0 unspecified atom stereocenters. The summed E-state index contributed by atoms with van der Waals surface area (Å²) in [6.45, 7) is 1.29. The number of hydrogen-bond acceptors (Lipinski definition) is 4. The molecule has 1 radical (unpaired) electrons. The minimum Gasteiger partial charge on any atom is -0.390 e. The van der Waals surface area contributed by atoms with E-state index in [1.807, 2.05) is 0 Å². The Hall–Kier alpha value is -2.86. The van der Waals surface area contributed by atoms with E-state index in [1.54, 1.807) is 31.2 Å². The number of amides is 1. The van der Waals surface area contributed by atoms with Gasteiger partial charge in [0.25, 0.3) is 5.91 Å². The van der Waals surface area contributed by atoms with Crippen LogP contribution in [0.5, 0.6) is 0 Å². The van der Waals surface area contributed by atoms with Gasteiger partial charge >= 0.3 is 0 Å². The quantitative estimate of drug-likeness (QED) is 0.775. The summed E-state index contributed by atoms with van der Waals surface area (Å²) in [6.07, 6.45) is 3.70. The van der Waals surface area contributed by atoms with Crippen LogP contribution in [-0.2, 0) is 6.61 Å². The van der Waals surface area contributed by atoms with Crippen LogP contribution in [0.4, 0.5) is 4.39 Å². The molecule has 3 aromatic rings. The third kappa shape index (κ3) is 2.53. The molecule has 0 bridgehead atoms. The number of nitrogens with zero attached hydrogens (tertiary/aromatic N) is 2. The molecule has 3 N–H and O–H groups in total. The number of fused-ring (bicyclic) bond motifs is 1. The molecule has 23 heavy (non-hydrogen) atoms. The van der Waals surface area contributed by atoms with E-state index in [1.165, 1.54) is 0 Å². The van der Waals surface area contributed by atoms with Crippen molar-refractivity contribution in [3.05, 3.63) is 59.4 Å². The number of nitrogens with two attached hydrogens (primary N) is 1. The normalized spacial score (nSPS) is 10.9. The van der Waals surface area contributed by atoms with Crippen LogP contribution in [0.3, 0.4) is 0 Å². The molecule has 0 saturated carbocycles. The van der Waals surface area contributed by atoms with E-state index >= 15 is 0 Å². The maximum Gasteiger partial charge on any atom is 0.267 e. The number of aromatic nitrogens is 2. The molecule has 2 aromatic heterocycles. The standard InChI is InChI=1S/C17H13FN3O2/c1-9-13(18)7-21-14(8-22)15(9)11-3-2-10-4-5-20-16(17(19)23)12(10)6-11/h2-4,6-7,22H,8H2,1H3,(H2,19,23). The molecule has 0 aliphatic heterocycles. The lowest BCUT2D eigenvalue weighted by Gasteiger charge is -2.12. The van der Waals surface area contributed by atoms with Gasteiger partial charge in [-0.2, -0.15) is 0 Å². The first-order valence-corrected chi connectivity index (χ1v) is 6.88. The number of aliphatic hydroxyl groups excluding tert-OH is 1. The molecule has 3 rings (SSSR count). The van der Waals surface area contributed by atoms with Crippen LogP contribution in [0.2, 0.25) is 0 Å². The van der Waals surface area contributed by atoms with E-state index < -0.39 is 11.7 Å². The Morgan fingerprint density at radius 1 is 1.43 bits per heavy atom. The average Bonchev–Trinajstić information content (AvgIpc) is 2.56. The highest BCUT2D eigenvalue weighted by Gasteiger charge is 2.15. The molecule has 0 spiro atoms. The number of pyridine rings is 2. The lowest BCUT2D eigenvalue weighted by molar-refractivity contribution is 0.0997. The Labute approximate surface area is 131 Å². The molecule has 0 saturated heterocycles. The van der Waals surface area contributed by atoms with E-state index in [9.17, 15) is 14.3 Å². The summed E-state index contributed by atoms with van der Waals surface area (Å²) in [4.78, 5) is 19.4. The number of primary amides is 1. The molecule has 6 heteroatoms. The predicted molar refractivity (Wildman–Crippen MR) is 82.9 cm³/mol. The Kier molecular flexibility index (Phi) is 3.75. The second kappa shape index (κ2) is 5.73. The summed E-state index contributed by atoms with van der Waals surface area (Å²) >= 11 is 0. The molecular formula is C17H13FN3O2. The molecule has 0 aliphatic rings. The van der Waals surface area contributed by atoms with Gasteiger partial charge in [0, 0.05) is 10.9 Å². The molecule has 5 nitrogen and oxygen atoms in total. The summed E-state index contributed by atoms with van der Waals surface area (Å²) in [5.74, 6) is -1.13. The van der Waals surface area contributed by atoms with Crippen LogP contribution in [0.15, 0.2) is 30.5 Å². The highest BCUT2D eigenvalue weighted by atomic mass is 19.1. The predicted octanol–water partition coefficient (Wildman–Crippen LogP) is 2.14. The van der Waals surface area contributed by atoms with Gasteiger partial charge in [0.15, 0.2) is 0 Å². The Morgan fingerprint density at radius 2 is 2.22 bits per heavy atom. The van der Waals surface area contributed by atoms with Crippen molar-refractivity contribution in [3.8, 4) is 11.1 Å². The van der Waals surface area contributed by atoms with Gasteiger partial charge < -0.3 is 10.8 Å². The van der Waals surface area contributed by atoms with Gasteiger partial charge in [0.05, 0.1) is 24.7 Å². The van der Waals surface area contributed by atoms with Crippen LogP contribution in [0, 0.1) is 18.9 Å². The number of halogens is 1. The average molecular weight is 310 g/mol. The third-order valence-corrected chi connectivity index (χ3v) is 3.73. The number of hydrogen-bond donors (Lipinski definition) is 2. The maximum absolute atomic E-state index is 13.9. The highest BCUT2D eigenvalue weighted by Crippen LogP contribution is 2.31. The summed E-state index contributed by atoms with van der Waals surface area (Å²) in [7, 11) is 0. The lowest BCUT2D eigenvalue weighted by atomic mass is 9.96. The fourth-order valence-electron chi connectivity index (χ4n) is 2.59. The van der Waals surface area contributed by atoms with Gasteiger partial charge in [0.1, 0.15) is 11.5 Å². The maximum atomic E-state index is 13.9. The minimum absolute atomic E-state index is 0.0944. The molecular weight excluding hydrogens is 297 g/mol. The minimum atomic E-state index is -0.666. The second-order valence-electron chi connectivity index (χ2n) is 5.11. The number of carbonyl (C=O) groups is 1. The zero-order valence-corrected chi connectivity index (χ0v) is 12.3. The SMILES string of the molecule is Cc1c(F)cnc(CO)c1-c1ccc2c[c]nc(C(N)=O)c2c1. The topological polar surface area (TPSA) is 89.1 Å². The number of aliphatic hydroxyl groups is 1. The van der Waals surface area contributed by atoms with Gasteiger partial charge in [-0.15, -0.1) is 0 Å². The first-order valence-electron chi connectivity index (χ1n) is 6.88. The van der Waals surface area contributed by atoms with Gasteiger partial charge in [-0.25, -0.2) is 9.37 Å². The van der Waals surface area contributed by atoms with Crippen molar-refractivity contribution in [2.45, 2.75) is 13.5 Å². The number of carbonyl (C=O) groups excluding carboxylic acids is 1. The Balaban J connectivity index is 2.32. The van der Waals surface area contributed by atoms with Crippen molar-refractivity contribution in [2.75, 3.05) is 0 Å². The summed E-state index contributed by atoms with van der Waals surface area (Å²) in [5.41, 5.74) is 7.30. The number of rotatable bonds is 3. The molecule has 1 amide bonds. The highest BCUT2D eigenvalue weighted by molar-refractivity contribution is 6.05. The van der Waals surface area contributed by atoms with Crippen LogP contribution in [0.25, 0.3) is 21.9 Å². The van der Waals surface area contributed by atoms with Crippen molar-refractivity contribution in [3.63, 3.8) is 0 Å². The zero-order chi connectivity index (χ0) is 16.6. The van der Waals surface area contributed by atoms with E-state index in [2.05, 4.69) is 16.2 Å². The Morgan fingerprint density at radius 3 is 2.91 bits per heavy atom. The van der Waals surface area contributed by atoms with Crippen molar-refractivity contribution in [1.29, 1.82) is 0 Å². The van der Waals surface area contributed by atoms with E-state index in [0.29, 0.717) is 27.8 Å². The van der Waals surface area contributed by atoms with E-state index in [0.717, 1.165) is 11.6 Å². The first kappa shape index (κ1) is 15.1. The van der Waals surface area contributed by atoms with Crippen molar-refractivity contribution in [1.82, 2.24) is 9.97 Å². The largest absolute Gasteiger partial charge is 0.390 e. The second-order valence-corrected chi connectivity index (χ2v) is 5.11. The van der Waals surface area contributed by atoms with Gasteiger partial charge in [-0.1, -0.05) is 12.1 Å². The fraction of sp³-hybridized carbons (Fsp3) is 0.118. The molecule has 0 atom stereocenters. The van der Waals surface area contributed by atoms with Crippen LogP contribution < -0.4 is 5.73 Å². The number of benzene rings is 1. The Bertz CT molecular complexity index is 925. The van der Waals surface area contributed by atoms with Crippen molar-refractivity contribution < 1.29 is 14.3 Å². The summed E-state index contributed by atoms with van der Waals surface area (Å²) < 4.78 is 13.9. The third-order valence-electron chi connectivity index (χ3n) is 3.73. The van der Waals surface area contributed by atoms with E-state index in [-0.39, 0.29) is 12.3 Å². The molecule has 0 fully saturated rings. The smallest absolute Gasteiger partial charge is 0.267 e. The molecule has 115 valence electrons. The zero-order valence-electron chi connectivity index (χ0n) is 12.3. The fourth-order valence-corrected chi connectivity index (χ4v) is 2.59. The van der Waals surface area contributed by atoms with E-state index in [4.69, 9.17) is 5.73 Å². The first-order chi connectivity index (χ1) is 11.0. The summed E-state index contributed by atoms with van der Waals surface area (Å²) in [5, 5.41) is 10.8. The van der Waals surface area contributed by atoms with Gasteiger partial charge in [-0.05, 0) is 35.6 Å². The van der Waals surface area contributed by atoms with Gasteiger partial charge in [0.2, 0.25) is 0 Å². The van der Waals surface area contributed by atoms with Crippen LogP contribution in [0.1, 0.15) is 21.7 Å². The van der Waals surface area contributed by atoms with Crippen molar-refractivity contribution in [2.24, 2.45) is 5.73 Å².